The molecule has 0 radical (unpaired) electrons. The highest BCUT2D eigenvalue weighted by Gasteiger charge is 1.96. The molecule has 3 heteroatoms. The molecule has 0 aromatic rings. The maximum Gasteiger partial charge on any atom is 0.245 e. The van der Waals surface area contributed by atoms with Gasteiger partial charge in [-0.15, -0.1) is 0 Å². The van der Waals surface area contributed by atoms with Gasteiger partial charge < -0.3 is 10.4 Å². The van der Waals surface area contributed by atoms with Crippen LogP contribution in [-0.4, -0.2) is 17.2 Å². The number of carbonyl (C=O) groups excluding carboxylic acids is 1. The summed E-state index contributed by atoms with van der Waals surface area (Å²) in [7, 11) is 0. The topological polar surface area (TPSA) is 49.3 Å². The van der Waals surface area contributed by atoms with Crippen molar-refractivity contribution < 1.29 is 9.90 Å². The van der Waals surface area contributed by atoms with Gasteiger partial charge in [-0.1, -0.05) is 6.08 Å². The Hall–Kier alpha value is -0.830. The summed E-state index contributed by atoms with van der Waals surface area (Å²) in [6.45, 7) is 3.23. The third kappa shape index (κ3) is 5.03. The van der Waals surface area contributed by atoms with Crippen molar-refractivity contribution in [3.8, 4) is 0 Å². The number of nitrogens with one attached hydrogen (secondary N) is 1. The molecule has 1 unspecified atom stereocenters. The molecule has 0 rings (SSSR count). The number of aliphatic hydroxyl groups is 1. The molecule has 0 aromatic heterocycles. The minimum Gasteiger partial charge on any atom is -0.374 e. The van der Waals surface area contributed by atoms with E-state index in [-0.39, 0.29) is 5.91 Å². The maximum atomic E-state index is 10.5. The minimum absolute atomic E-state index is 0.271. The van der Waals surface area contributed by atoms with Gasteiger partial charge in [0, 0.05) is 0 Å². The first-order valence-corrected chi connectivity index (χ1v) is 2.78. The van der Waals surface area contributed by atoms with Crippen LogP contribution in [0.5, 0.6) is 0 Å². The van der Waals surface area contributed by atoms with E-state index in [9.17, 15) is 4.79 Å². The molecule has 52 valence electrons. The molecule has 1 amide bonds. The van der Waals surface area contributed by atoms with Crippen molar-refractivity contribution in [2.45, 2.75) is 20.1 Å². The lowest BCUT2D eigenvalue weighted by atomic mass is 10.5. The number of hydrogen-bond donors (Lipinski definition) is 2. The monoisotopic (exact) mass is 129 g/mol. The maximum absolute atomic E-state index is 10.5. The zero-order valence-corrected chi connectivity index (χ0v) is 5.59. The molecule has 0 aliphatic carbocycles. The van der Waals surface area contributed by atoms with E-state index >= 15 is 0 Å². The van der Waals surface area contributed by atoms with E-state index in [1.807, 2.05) is 0 Å². The standard InChI is InChI=1S/C6H11NO2/c1-3-4-6(9)7-5(2)8/h3-5,8H,1-2H3,(H,7,9)/b4-3+. The van der Waals surface area contributed by atoms with Crippen molar-refractivity contribution in [3.05, 3.63) is 12.2 Å². The fourth-order valence-corrected chi connectivity index (χ4v) is 0.405. The SMILES string of the molecule is C/C=C/C(=O)NC(C)O. The van der Waals surface area contributed by atoms with Gasteiger partial charge in [-0.2, -0.15) is 0 Å². The molecule has 0 aliphatic rings. The summed E-state index contributed by atoms with van der Waals surface area (Å²) < 4.78 is 0. The molecule has 0 aromatic carbocycles. The Balaban J connectivity index is 3.51. The zero-order chi connectivity index (χ0) is 7.28. The summed E-state index contributed by atoms with van der Waals surface area (Å²) >= 11 is 0. The van der Waals surface area contributed by atoms with Gasteiger partial charge in [-0.25, -0.2) is 0 Å². The number of allylic oxidation sites excluding steroid dienone is 1. The van der Waals surface area contributed by atoms with Gasteiger partial charge in [0.2, 0.25) is 5.91 Å². The van der Waals surface area contributed by atoms with Crippen LogP contribution >= 0.6 is 0 Å². The Kier molecular flexibility index (Phi) is 3.71. The normalized spacial score (nSPS) is 13.7. The van der Waals surface area contributed by atoms with Crippen LogP contribution in [0.4, 0.5) is 0 Å². The van der Waals surface area contributed by atoms with E-state index in [2.05, 4.69) is 5.32 Å². The second-order valence-electron chi connectivity index (χ2n) is 1.68. The highest BCUT2D eigenvalue weighted by atomic mass is 16.3. The summed E-state index contributed by atoms with van der Waals surface area (Å²) in [5.74, 6) is -0.271. The molecule has 0 spiro atoms. The molecule has 2 N–H and O–H groups in total. The summed E-state index contributed by atoms with van der Waals surface area (Å²) in [5, 5.41) is 10.9. The minimum atomic E-state index is -0.770. The summed E-state index contributed by atoms with van der Waals surface area (Å²) in [5.41, 5.74) is 0. The lowest BCUT2D eigenvalue weighted by Gasteiger charge is -2.02. The Labute approximate surface area is 54.4 Å². The van der Waals surface area contributed by atoms with E-state index in [0.717, 1.165) is 0 Å². The van der Waals surface area contributed by atoms with Crippen molar-refractivity contribution in [3.63, 3.8) is 0 Å². The van der Waals surface area contributed by atoms with Crippen molar-refractivity contribution in [1.82, 2.24) is 5.32 Å². The lowest BCUT2D eigenvalue weighted by molar-refractivity contribution is -0.119. The van der Waals surface area contributed by atoms with Gasteiger partial charge >= 0.3 is 0 Å². The highest BCUT2D eigenvalue weighted by Crippen LogP contribution is 1.74. The molecule has 0 saturated carbocycles. The zero-order valence-electron chi connectivity index (χ0n) is 5.59. The average molecular weight is 129 g/mol. The number of carbonyl (C=O) groups is 1. The van der Waals surface area contributed by atoms with Crippen molar-refractivity contribution >= 4 is 5.91 Å². The summed E-state index contributed by atoms with van der Waals surface area (Å²) in [6, 6.07) is 0. The van der Waals surface area contributed by atoms with Gasteiger partial charge in [0.1, 0.15) is 6.23 Å². The summed E-state index contributed by atoms with van der Waals surface area (Å²) in [6.07, 6.45) is 2.19. The first-order valence-electron chi connectivity index (χ1n) is 2.78. The Bertz CT molecular complexity index is 118. The van der Waals surface area contributed by atoms with Gasteiger partial charge in [-0.05, 0) is 19.9 Å². The van der Waals surface area contributed by atoms with Crippen LogP contribution in [-0.2, 0) is 4.79 Å². The van der Waals surface area contributed by atoms with Gasteiger partial charge in [0.05, 0.1) is 0 Å². The van der Waals surface area contributed by atoms with Crippen LogP contribution in [0, 0.1) is 0 Å². The lowest BCUT2D eigenvalue weighted by Crippen LogP contribution is -2.30. The fourth-order valence-electron chi connectivity index (χ4n) is 0.405. The van der Waals surface area contributed by atoms with Crippen LogP contribution in [0.3, 0.4) is 0 Å². The first kappa shape index (κ1) is 8.17. The second-order valence-corrected chi connectivity index (χ2v) is 1.68. The molecule has 3 nitrogen and oxygen atoms in total. The molecular weight excluding hydrogens is 118 g/mol. The molecule has 0 bridgehead atoms. The molecule has 9 heavy (non-hydrogen) atoms. The molecule has 0 saturated heterocycles. The third-order valence-electron chi connectivity index (χ3n) is 0.669. The largest absolute Gasteiger partial charge is 0.374 e. The van der Waals surface area contributed by atoms with Gasteiger partial charge in [-0.3, -0.25) is 4.79 Å². The first-order chi connectivity index (χ1) is 4.16. The second kappa shape index (κ2) is 4.09. The van der Waals surface area contributed by atoms with E-state index in [0.29, 0.717) is 0 Å². The van der Waals surface area contributed by atoms with Gasteiger partial charge in [0.25, 0.3) is 0 Å². The van der Waals surface area contributed by atoms with Gasteiger partial charge in [0.15, 0.2) is 0 Å². The predicted molar refractivity (Wildman–Crippen MR) is 34.6 cm³/mol. The van der Waals surface area contributed by atoms with Crippen molar-refractivity contribution in [2.75, 3.05) is 0 Å². The van der Waals surface area contributed by atoms with E-state index in [4.69, 9.17) is 5.11 Å². The Morgan fingerprint density at radius 3 is 2.67 bits per heavy atom. The summed E-state index contributed by atoms with van der Waals surface area (Å²) in [4.78, 5) is 10.5. The van der Waals surface area contributed by atoms with E-state index in [1.165, 1.54) is 13.0 Å². The van der Waals surface area contributed by atoms with Crippen molar-refractivity contribution in [2.24, 2.45) is 0 Å². The third-order valence-corrected chi connectivity index (χ3v) is 0.669. The molecule has 0 heterocycles. The van der Waals surface area contributed by atoms with Crippen LogP contribution in [0.1, 0.15) is 13.8 Å². The number of hydrogen-bond acceptors (Lipinski definition) is 2. The highest BCUT2D eigenvalue weighted by molar-refractivity contribution is 5.87. The molecule has 1 atom stereocenters. The predicted octanol–water partition coefficient (Wildman–Crippen LogP) is 0.0170. The van der Waals surface area contributed by atoms with E-state index < -0.39 is 6.23 Å². The Morgan fingerprint density at radius 2 is 2.33 bits per heavy atom. The van der Waals surface area contributed by atoms with Crippen LogP contribution in [0.25, 0.3) is 0 Å². The molecule has 0 fully saturated rings. The van der Waals surface area contributed by atoms with Crippen LogP contribution < -0.4 is 5.32 Å². The number of rotatable bonds is 2. The number of amides is 1. The van der Waals surface area contributed by atoms with E-state index in [1.54, 1.807) is 13.0 Å². The molecule has 0 aliphatic heterocycles. The fraction of sp³-hybridized carbons (Fsp3) is 0.500. The van der Waals surface area contributed by atoms with Crippen LogP contribution in [0.2, 0.25) is 0 Å². The quantitative estimate of drug-likeness (QED) is 0.408. The average Bonchev–Trinajstić information content (AvgIpc) is 1.63. The smallest absolute Gasteiger partial charge is 0.245 e. The Morgan fingerprint density at radius 1 is 1.78 bits per heavy atom. The number of aliphatic hydroxyl groups excluding tert-OH is 1. The molecular formula is C6H11NO2. The van der Waals surface area contributed by atoms with Crippen LogP contribution in [0.15, 0.2) is 12.2 Å². The van der Waals surface area contributed by atoms with Crippen molar-refractivity contribution in [1.29, 1.82) is 0 Å².